The molecular weight excluding hydrogens is 226 g/mol. The summed E-state index contributed by atoms with van der Waals surface area (Å²) in [5.41, 5.74) is 7.84. The Hall–Kier alpha value is -2.55. The van der Waals surface area contributed by atoms with E-state index in [2.05, 4.69) is 0 Å². The quantitative estimate of drug-likeness (QED) is 0.817. The second-order valence-corrected chi connectivity index (χ2v) is 4.10. The van der Waals surface area contributed by atoms with Crippen molar-refractivity contribution in [2.24, 2.45) is 0 Å². The highest BCUT2D eigenvalue weighted by Crippen LogP contribution is 2.27. The molecule has 0 aromatic heterocycles. The van der Waals surface area contributed by atoms with Gasteiger partial charge in [-0.05, 0) is 35.9 Å². The Morgan fingerprint density at radius 3 is 2.39 bits per heavy atom. The number of Topliss-reactive ketones (excluding diaryl/α,β-unsaturated/α-hetero) is 1. The highest BCUT2D eigenvalue weighted by molar-refractivity contribution is 6.16. The average Bonchev–Trinajstić information content (AvgIpc) is 2.70. The first-order chi connectivity index (χ1) is 8.74. The molecule has 0 amide bonds. The molecular formula is C15H11NO2. The van der Waals surface area contributed by atoms with Gasteiger partial charge in [-0.1, -0.05) is 24.3 Å². The lowest BCUT2D eigenvalue weighted by atomic mass is 10.1. The third-order valence-corrected chi connectivity index (χ3v) is 2.82. The van der Waals surface area contributed by atoms with Crippen molar-refractivity contribution in [3.8, 4) is 5.75 Å². The minimum Gasteiger partial charge on any atom is -0.453 e. The van der Waals surface area contributed by atoms with Gasteiger partial charge in [-0.2, -0.15) is 0 Å². The van der Waals surface area contributed by atoms with Gasteiger partial charge in [-0.25, -0.2) is 0 Å². The molecule has 0 atom stereocenters. The number of anilines is 1. The largest absolute Gasteiger partial charge is 0.453 e. The number of benzene rings is 2. The van der Waals surface area contributed by atoms with Crippen molar-refractivity contribution < 1.29 is 9.53 Å². The van der Waals surface area contributed by atoms with Crippen molar-refractivity contribution in [3.63, 3.8) is 0 Å². The normalized spacial score (nSPS) is 13.1. The van der Waals surface area contributed by atoms with E-state index < -0.39 is 0 Å². The Kier molecular flexibility index (Phi) is 2.38. The lowest BCUT2D eigenvalue weighted by molar-refractivity contribution is 0.0992. The third kappa shape index (κ3) is 1.76. The number of rotatable bonds is 2. The van der Waals surface area contributed by atoms with Crippen LogP contribution in [0.25, 0.3) is 6.08 Å². The fourth-order valence-electron chi connectivity index (χ4n) is 1.91. The van der Waals surface area contributed by atoms with Crippen molar-refractivity contribution in [1.29, 1.82) is 0 Å². The first-order valence-corrected chi connectivity index (χ1v) is 5.63. The fraction of sp³-hybridized carbons (Fsp3) is 0. The molecule has 0 aliphatic heterocycles. The first kappa shape index (κ1) is 10.6. The molecule has 0 fully saturated rings. The van der Waals surface area contributed by atoms with E-state index in [0.29, 0.717) is 22.8 Å². The molecule has 0 bridgehead atoms. The highest BCUT2D eigenvalue weighted by Gasteiger charge is 2.23. The van der Waals surface area contributed by atoms with Gasteiger partial charge >= 0.3 is 0 Å². The van der Waals surface area contributed by atoms with Crippen LogP contribution in [0, 0.1) is 0 Å². The number of nitrogen functional groups attached to an aromatic ring is 1. The summed E-state index contributed by atoms with van der Waals surface area (Å²) < 4.78 is 5.58. The van der Waals surface area contributed by atoms with Crippen LogP contribution in [-0.4, -0.2) is 5.78 Å². The summed E-state index contributed by atoms with van der Waals surface area (Å²) in [6.45, 7) is 0. The van der Waals surface area contributed by atoms with E-state index in [9.17, 15) is 4.79 Å². The Morgan fingerprint density at radius 2 is 1.67 bits per heavy atom. The molecule has 3 rings (SSSR count). The van der Waals surface area contributed by atoms with E-state index in [4.69, 9.17) is 10.5 Å². The molecule has 0 unspecified atom stereocenters. The smallest absolute Gasteiger partial charge is 0.228 e. The number of hydrogen-bond donors (Lipinski definition) is 1. The molecule has 88 valence electrons. The van der Waals surface area contributed by atoms with Crippen molar-refractivity contribution in [1.82, 2.24) is 0 Å². The standard InChI is InChI=1S/C15H11NO2/c16-11-5-7-12(8-6-11)18-14-9-10-3-1-2-4-13(10)15(14)17/h1-9H,16H2. The second-order valence-electron chi connectivity index (χ2n) is 4.10. The van der Waals surface area contributed by atoms with Gasteiger partial charge in [-0.15, -0.1) is 0 Å². The van der Waals surface area contributed by atoms with Crippen LogP contribution in [0.2, 0.25) is 0 Å². The molecule has 2 N–H and O–H groups in total. The molecule has 3 nitrogen and oxygen atoms in total. The summed E-state index contributed by atoms with van der Waals surface area (Å²) in [6.07, 6.45) is 1.76. The van der Waals surface area contributed by atoms with Crippen LogP contribution in [0.4, 0.5) is 5.69 Å². The molecule has 2 aromatic rings. The fourth-order valence-corrected chi connectivity index (χ4v) is 1.91. The number of carbonyl (C=O) groups excluding carboxylic acids is 1. The zero-order valence-electron chi connectivity index (χ0n) is 9.59. The average molecular weight is 237 g/mol. The van der Waals surface area contributed by atoms with Crippen molar-refractivity contribution >= 4 is 17.5 Å². The maximum Gasteiger partial charge on any atom is 0.228 e. The van der Waals surface area contributed by atoms with Crippen LogP contribution in [0.3, 0.4) is 0 Å². The van der Waals surface area contributed by atoms with Crippen LogP contribution in [-0.2, 0) is 0 Å². The van der Waals surface area contributed by atoms with Gasteiger partial charge in [0.05, 0.1) is 0 Å². The van der Waals surface area contributed by atoms with Crippen LogP contribution in [0.5, 0.6) is 5.75 Å². The van der Waals surface area contributed by atoms with Gasteiger partial charge in [0.2, 0.25) is 5.78 Å². The molecule has 2 aromatic carbocycles. The molecule has 0 saturated heterocycles. The van der Waals surface area contributed by atoms with E-state index in [1.807, 2.05) is 18.2 Å². The van der Waals surface area contributed by atoms with Gasteiger partial charge in [0.25, 0.3) is 0 Å². The van der Waals surface area contributed by atoms with Gasteiger partial charge in [-0.3, -0.25) is 4.79 Å². The Bertz CT molecular complexity index is 642. The van der Waals surface area contributed by atoms with Crippen molar-refractivity contribution in [2.45, 2.75) is 0 Å². The van der Waals surface area contributed by atoms with Crippen LogP contribution >= 0.6 is 0 Å². The van der Waals surface area contributed by atoms with E-state index >= 15 is 0 Å². The minimum absolute atomic E-state index is 0.0811. The lowest BCUT2D eigenvalue weighted by Gasteiger charge is -2.05. The summed E-state index contributed by atoms with van der Waals surface area (Å²) in [7, 11) is 0. The van der Waals surface area contributed by atoms with E-state index in [-0.39, 0.29) is 5.78 Å². The Labute approximate surface area is 105 Å². The van der Waals surface area contributed by atoms with Crippen molar-refractivity contribution in [2.75, 3.05) is 5.73 Å². The highest BCUT2D eigenvalue weighted by atomic mass is 16.5. The zero-order valence-corrected chi connectivity index (χ0v) is 9.59. The number of ether oxygens (including phenoxy) is 1. The maximum absolute atomic E-state index is 12.1. The SMILES string of the molecule is Nc1ccc(OC2=Cc3ccccc3C2=O)cc1. The second kappa shape index (κ2) is 4.04. The summed E-state index contributed by atoms with van der Waals surface area (Å²) in [6, 6.07) is 14.4. The molecule has 1 aliphatic rings. The predicted octanol–water partition coefficient (Wildman–Crippen LogP) is 2.89. The molecule has 1 aliphatic carbocycles. The molecule has 0 heterocycles. The topological polar surface area (TPSA) is 52.3 Å². The van der Waals surface area contributed by atoms with E-state index in [1.54, 1.807) is 36.4 Å². The molecule has 18 heavy (non-hydrogen) atoms. The molecule has 0 radical (unpaired) electrons. The minimum atomic E-state index is -0.0811. The summed E-state index contributed by atoms with van der Waals surface area (Å²) in [5, 5.41) is 0. The number of carbonyl (C=O) groups is 1. The van der Waals surface area contributed by atoms with E-state index in [1.165, 1.54) is 0 Å². The van der Waals surface area contributed by atoms with Gasteiger partial charge in [0, 0.05) is 11.3 Å². The maximum atomic E-state index is 12.1. The Morgan fingerprint density at radius 1 is 0.944 bits per heavy atom. The van der Waals surface area contributed by atoms with Crippen LogP contribution in [0.15, 0.2) is 54.3 Å². The third-order valence-electron chi connectivity index (χ3n) is 2.82. The van der Waals surface area contributed by atoms with Gasteiger partial charge in [0.15, 0.2) is 5.76 Å². The number of allylic oxidation sites excluding steroid dienone is 1. The monoisotopic (exact) mass is 237 g/mol. The number of ketones is 1. The zero-order chi connectivity index (χ0) is 12.5. The van der Waals surface area contributed by atoms with Gasteiger partial charge in [0.1, 0.15) is 5.75 Å². The molecule has 0 saturated carbocycles. The molecule has 3 heteroatoms. The number of fused-ring (bicyclic) bond motifs is 1. The summed E-state index contributed by atoms with van der Waals surface area (Å²) >= 11 is 0. The summed E-state index contributed by atoms with van der Waals surface area (Å²) in [4.78, 5) is 12.1. The van der Waals surface area contributed by atoms with Crippen LogP contribution < -0.4 is 10.5 Å². The lowest BCUT2D eigenvalue weighted by Crippen LogP contribution is -2.04. The number of hydrogen-bond acceptors (Lipinski definition) is 3. The van der Waals surface area contributed by atoms with Crippen molar-refractivity contribution in [3.05, 3.63) is 65.4 Å². The summed E-state index contributed by atoms with van der Waals surface area (Å²) in [5.74, 6) is 0.875. The Balaban J connectivity index is 1.88. The van der Waals surface area contributed by atoms with Gasteiger partial charge < -0.3 is 10.5 Å². The predicted molar refractivity (Wildman–Crippen MR) is 70.2 cm³/mol. The van der Waals surface area contributed by atoms with E-state index in [0.717, 1.165) is 5.56 Å². The number of nitrogens with two attached hydrogens (primary N) is 1. The first-order valence-electron chi connectivity index (χ1n) is 5.63. The van der Waals surface area contributed by atoms with Crippen LogP contribution in [0.1, 0.15) is 15.9 Å². The molecule has 0 spiro atoms.